The zero-order valence-corrected chi connectivity index (χ0v) is 9.51. The van der Waals surface area contributed by atoms with Gasteiger partial charge >= 0.3 is 0 Å². The molecule has 2 nitrogen and oxygen atoms in total. The molecule has 13 heavy (non-hydrogen) atoms. The van der Waals surface area contributed by atoms with Crippen LogP contribution >= 0.6 is 8.38 Å². The molecule has 3 heteroatoms. The Morgan fingerprint density at radius 3 is 2.15 bits per heavy atom. The summed E-state index contributed by atoms with van der Waals surface area (Å²) in [4.78, 5) is 19.0. The SMILES string of the molecule is CC1(C)[C@H]2CC[C@](C)(C2)[C@@H]1P(O)O. The Morgan fingerprint density at radius 2 is 1.85 bits per heavy atom. The summed E-state index contributed by atoms with van der Waals surface area (Å²) >= 11 is 0. The highest BCUT2D eigenvalue weighted by Gasteiger charge is 2.61. The lowest BCUT2D eigenvalue weighted by Gasteiger charge is -2.42. The van der Waals surface area contributed by atoms with E-state index in [2.05, 4.69) is 20.8 Å². The highest BCUT2D eigenvalue weighted by atomic mass is 31.2. The molecular formula is C10H19O2P. The Labute approximate surface area is 81.3 Å². The van der Waals surface area contributed by atoms with Crippen LogP contribution in [-0.4, -0.2) is 15.4 Å². The number of hydrogen-bond donors (Lipinski definition) is 2. The Hall–Kier alpha value is 0.350. The highest BCUT2D eigenvalue weighted by Crippen LogP contribution is 2.69. The first-order valence-electron chi connectivity index (χ1n) is 5.05. The minimum atomic E-state index is -1.75. The average molecular weight is 202 g/mol. The lowest BCUT2D eigenvalue weighted by Crippen LogP contribution is -2.38. The van der Waals surface area contributed by atoms with Gasteiger partial charge in [-0.1, -0.05) is 20.8 Å². The molecule has 2 N–H and O–H groups in total. The predicted molar refractivity (Wildman–Crippen MR) is 54.4 cm³/mol. The smallest absolute Gasteiger partial charge is 0.169 e. The third kappa shape index (κ3) is 1.19. The van der Waals surface area contributed by atoms with E-state index in [0.717, 1.165) is 0 Å². The van der Waals surface area contributed by atoms with Gasteiger partial charge in [0.25, 0.3) is 0 Å². The molecule has 76 valence electrons. The van der Waals surface area contributed by atoms with Crippen molar-refractivity contribution in [2.24, 2.45) is 16.7 Å². The fourth-order valence-electron chi connectivity index (χ4n) is 3.85. The van der Waals surface area contributed by atoms with Gasteiger partial charge in [0.15, 0.2) is 8.38 Å². The maximum absolute atomic E-state index is 9.50. The predicted octanol–water partition coefficient (Wildman–Crippen LogP) is 2.50. The van der Waals surface area contributed by atoms with Crippen molar-refractivity contribution in [2.75, 3.05) is 0 Å². The summed E-state index contributed by atoms with van der Waals surface area (Å²) in [7, 11) is -1.75. The van der Waals surface area contributed by atoms with E-state index in [0.29, 0.717) is 5.92 Å². The van der Waals surface area contributed by atoms with Gasteiger partial charge in [0.05, 0.1) is 0 Å². The van der Waals surface area contributed by atoms with Crippen LogP contribution in [0.25, 0.3) is 0 Å². The van der Waals surface area contributed by atoms with Crippen molar-refractivity contribution in [2.45, 2.75) is 45.7 Å². The standard InChI is InChI=1S/C10H19O2P/c1-9(2)7-4-5-10(3,6-7)8(9)13(11)12/h7-8,11-12H,4-6H2,1-3H3/t7-,8+,10+/m0/s1. The van der Waals surface area contributed by atoms with Crippen molar-refractivity contribution >= 4 is 8.38 Å². The van der Waals surface area contributed by atoms with E-state index in [1.165, 1.54) is 19.3 Å². The molecule has 2 saturated carbocycles. The molecular weight excluding hydrogens is 183 g/mol. The van der Waals surface area contributed by atoms with Crippen molar-refractivity contribution in [1.82, 2.24) is 0 Å². The molecule has 2 aliphatic rings. The van der Waals surface area contributed by atoms with Crippen LogP contribution in [0.3, 0.4) is 0 Å². The van der Waals surface area contributed by atoms with Crippen molar-refractivity contribution in [3.8, 4) is 0 Å². The van der Waals surface area contributed by atoms with E-state index in [-0.39, 0.29) is 16.5 Å². The van der Waals surface area contributed by atoms with E-state index < -0.39 is 8.38 Å². The van der Waals surface area contributed by atoms with E-state index in [1.54, 1.807) is 0 Å². The normalized spacial score (nSPS) is 47.5. The van der Waals surface area contributed by atoms with Crippen LogP contribution in [0.15, 0.2) is 0 Å². The Kier molecular flexibility index (Phi) is 2.04. The first-order valence-corrected chi connectivity index (χ1v) is 6.36. The molecule has 3 atom stereocenters. The molecule has 2 rings (SSSR count). The fraction of sp³-hybridized carbons (Fsp3) is 1.00. The van der Waals surface area contributed by atoms with E-state index in [4.69, 9.17) is 0 Å². The topological polar surface area (TPSA) is 40.5 Å². The monoisotopic (exact) mass is 202 g/mol. The molecule has 0 spiro atoms. The summed E-state index contributed by atoms with van der Waals surface area (Å²) in [6.45, 7) is 6.64. The Balaban J connectivity index is 2.34. The minimum absolute atomic E-state index is 0.133. The summed E-state index contributed by atoms with van der Waals surface area (Å²) in [6.07, 6.45) is 3.67. The number of hydrogen-bond acceptors (Lipinski definition) is 2. The molecule has 0 aromatic rings. The van der Waals surface area contributed by atoms with Crippen LogP contribution in [0.1, 0.15) is 40.0 Å². The second-order valence-corrected chi connectivity index (χ2v) is 6.80. The summed E-state index contributed by atoms with van der Waals surface area (Å²) in [5, 5.41) is 0. The molecule has 0 amide bonds. The maximum Gasteiger partial charge on any atom is 0.169 e. The molecule has 0 aromatic heterocycles. The van der Waals surface area contributed by atoms with Crippen LogP contribution < -0.4 is 0 Å². The first kappa shape index (κ1) is 9.89. The van der Waals surface area contributed by atoms with Gasteiger partial charge in [-0.15, -0.1) is 0 Å². The van der Waals surface area contributed by atoms with Gasteiger partial charge in [-0.05, 0) is 36.0 Å². The summed E-state index contributed by atoms with van der Waals surface area (Å²) in [6, 6.07) is 0. The van der Waals surface area contributed by atoms with Crippen molar-refractivity contribution in [1.29, 1.82) is 0 Å². The second-order valence-electron chi connectivity index (χ2n) is 5.64. The third-order valence-corrected chi connectivity index (χ3v) is 6.18. The fourth-order valence-corrected chi connectivity index (χ4v) is 5.45. The molecule has 0 heterocycles. The largest absolute Gasteiger partial charge is 0.350 e. The van der Waals surface area contributed by atoms with Gasteiger partial charge in [-0.3, -0.25) is 0 Å². The second kappa shape index (κ2) is 2.68. The van der Waals surface area contributed by atoms with Crippen LogP contribution in [-0.2, 0) is 0 Å². The molecule has 0 saturated heterocycles. The Bertz CT molecular complexity index is 222. The van der Waals surface area contributed by atoms with Gasteiger partial charge in [-0.2, -0.15) is 0 Å². The number of rotatable bonds is 1. The zero-order valence-electron chi connectivity index (χ0n) is 8.62. The lowest BCUT2D eigenvalue weighted by molar-refractivity contribution is 0.175. The first-order chi connectivity index (χ1) is 5.88. The van der Waals surface area contributed by atoms with Gasteiger partial charge in [0.2, 0.25) is 0 Å². The van der Waals surface area contributed by atoms with Gasteiger partial charge in [-0.25, -0.2) is 0 Å². The minimum Gasteiger partial charge on any atom is -0.350 e. The quantitative estimate of drug-likeness (QED) is 0.641. The molecule has 0 aliphatic heterocycles. The van der Waals surface area contributed by atoms with Gasteiger partial charge in [0.1, 0.15) is 0 Å². The summed E-state index contributed by atoms with van der Waals surface area (Å²) in [5.74, 6) is 0.715. The van der Waals surface area contributed by atoms with Gasteiger partial charge in [0, 0.05) is 5.66 Å². The zero-order chi connectivity index (χ0) is 9.85. The average Bonchev–Trinajstić information content (AvgIpc) is 2.36. The highest BCUT2D eigenvalue weighted by molar-refractivity contribution is 7.46. The summed E-state index contributed by atoms with van der Waals surface area (Å²) < 4.78 is 0. The lowest BCUT2D eigenvalue weighted by atomic mass is 9.72. The molecule has 2 bridgehead atoms. The molecule has 2 aliphatic carbocycles. The molecule has 0 unspecified atom stereocenters. The van der Waals surface area contributed by atoms with Crippen molar-refractivity contribution in [3.63, 3.8) is 0 Å². The molecule has 2 fully saturated rings. The van der Waals surface area contributed by atoms with Crippen molar-refractivity contribution < 1.29 is 9.79 Å². The molecule has 0 radical (unpaired) electrons. The van der Waals surface area contributed by atoms with E-state index in [1.807, 2.05) is 0 Å². The number of fused-ring (bicyclic) bond motifs is 2. The summed E-state index contributed by atoms with van der Waals surface area (Å²) in [5.41, 5.74) is 0.486. The van der Waals surface area contributed by atoms with E-state index >= 15 is 0 Å². The van der Waals surface area contributed by atoms with E-state index in [9.17, 15) is 9.79 Å². The molecule has 0 aromatic carbocycles. The van der Waals surface area contributed by atoms with Crippen LogP contribution in [0.4, 0.5) is 0 Å². The van der Waals surface area contributed by atoms with Crippen LogP contribution in [0, 0.1) is 16.7 Å². The van der Waals surface area contributed by atoms with Crippen molar-refractivity contribution in [3.05, 3.63) is 0 Å². The Morgan fingerprint density at radius 1 is 1.23 bits per heavy atom. The van der Waals surface area contributed by atoms with Crippen LogP contribution in [0.2, 0.25) is 0 Å². The van der Waals surface area contributed by atoms with Crippen LogP contribution in [0.5, 0.6) is 0 Å². The maximum atomic E-state index is 9.50. The third-order valence-electron chi connectivity index (χ3n) is 4.42. The van der Waals surface area contributed by atoms with Gasteiger partial charge < -0.3 is 9.79 Å².